The lowest BCUT2D eigenvalue weighted by molar-refractivity contribution is -0.120. The maximum atomic E-state index is 12.6. The molecule has 0 aliphatic carbocycles. The van der Waals surface area contributed by atoms with Gasteiger partial charge in [0.2, 0.25) is 11.8 Å². The Balaban J connectivity index is 1.23. The molecule has 3 aromatic rings. The van der Waals surface area contributed by atoms with Gasteiger partial charge >= 0.3 is 0 Å². The van der Waals surface area contributed by atoms with E-state index >= 15 is 0 Å². The number of piperidine rings is 1. The first-order valence-electron chi connectivity index (χ1n) is 12.4. The van der Waals surface area contributed by atoms with Crippen molar-refractivity contribution in [1.82, 2.24) is 15.2 Å². The molecule has 1 aliphatic rings. The fourth-order valence-corrected chi connectivity index (χ4v) is 6.26. The molecule has 1 fully saturated rings. The molecule has 7 nitrogen and oxygen atoms in total. The minimum absolute atomic E-state index is 0.0210. The number of likely N-dealkylation sites (N-methyl/N-ethyl adjacent to an activating group) is 1. The van der Waals surface area contributed by atoms with Crippen LogP contribution >= 0.6 is 46.3 Å². The molecule has 202 valence electrons. The first kappa shape index (κ1) is 28.9. The molecule has 11 heteroatoms. The Labute approximate surface area is 241 Å². The van der Waals surface area contributed by atoms with Crippen LogP contribution in [0.5, 0.6) is 0 Å². The van der Waals surface area contributed by atoms with Gasteiger partial charge in [-0.15, -0.1) is 11.3 Å². The number of nitrogens with one attached hydrogen (secondary N) is 1. The van der Waals surface area contributed by atoms with E-state index < -0.39 is 6.04 Å². The highest BCUT2D eigenvalue weighted by molar-refractivity contribution is 8.01. The highest BCUT2D eigenvalue weighted by atomic mass is 35.5. The maximum Gasteiger partial charge on any atom is 0.243 e. The third-order valence-electron chi connectivity index (χ3n) is 6.40. The van der Waals surface area contributed by atoms with Gasteiger partial charge in [-0.2, -0.15) is 0 Å². The van der Waals surface area contributed by atoms with Crippen molar-refractivity contribution in [2.24, 2.45) is 5.73 Å². The molecule has 1 saturated heterocycles. The Morgan fingerprint density at radius 3 is 2.68 bits per heavy atom. The number of halogens is 2. The van der Waals surface area contributed by atoms with Gasteiger partial charge in [-0.25, -0.2) is 4.98 Å². The van der Waals surface area contributed by atoms with Crippen molar-refractivity contribution in [1.29, 1.82) is 0 Å². The van der Waals surface area contributed by atoms with Crippen molar-refractivity contribution in [3.63, 3.8) is 0 Å². The third kappa shape index (κ3) is 7.71. The molecule has 0 saturated carbocycles. The summed E-state index contributed by atoms with van der Waals surface area (Å²) in [5, 5.41) is 6.28. The van der Waals surface area contributed by atoms with Crippen LogP contribution in [-0.2, 0) is 16.1 Å². The molecule has 0 spiro atoms. The number of carbonyl (C=O) groups excluding carboxylic acids is 2. The summed E-state index contributed by atoms with van der Waals surface area (Å²) in [5.74, 6) is 0.190. The fourth-order valence-electron chi connectivity index (χ4n) is 4.29. The Kier molecular flexibility index (Phi) is 10.1. The summed E-state index contributed by atoms with van der Waals surface area (Å²) in [4.78, 5) is 33.4. The number of hydrogen-bond donors (Lipinski definition) is 2. The van der Waals surface area contributed by atoms with E-state index in [1.807, 2.05) is 47.8 Å². The third-order valence-corrected chi connectivity index (χ3v) is 9.16. The molecule has 0 unspecified atom stereocenters. The van der Waals surface area contributed by atoms with E-state index in [2.05, 4.69) is 10.2 Å². The average molecular weight is 593 g/mol. The van der Waals surface area contributed by atoms with Gasteiger partial charge in [0.05, 0.1) is 27.5 Å². The zero-order valence-corrected chi connectivity index (χ0v) is 24.5. The molecule has 2 amide bonds. The molecule has 1 aromatic heterocycles. The van der Waals surface area contributed by atoms with Crippen LogP contribution in [0.1, 0.15) is 25.3 Å². The monoisotopic (exact) mass is 591 g/mol. The number of aromatic nitrogens is 1. The predicted octanol–water partition coefficient (Wildman–Crippen LogP) is 5.30. The van der Waals surface area contributed by atoms with Crippen LogP contribution in [0.4, 0.5) is 5.69 Å². The first-order valence-corrected chi connectivity index (χ1v) is 15.0. The highest BCUT2D eigenvalue weighted by Crippen LogP contribution is 2.30. The standard InChI is InChI=1S/C27H31Cl2N5O2S2/c1-17(30)26(36)33(2)21-5-3-4-19(13-21)24-15-37-27(32-24)38-16-25(35)31-20-8-10-34(11-9-20)14-18-6-7-22(28)23(29)12-18/h3-7,12-13,15,17,20H,8-11,14,16,30H2,1-2H3,(H,31,35)/t17-/m0/s1. The summed E-state index contributed by atoms with van der Waals surface area (Å²) in [5.41, 5.74) is 9.36. The van der Waals surface area contributed by atoms with E-state index in [0.29, 0.717) is 15.8 Å². The summed E-state index contributed by atoms with van der Waals surface area (Å²) in [6, 6.07) is 13.0. The van der Waals surface area contributed by atoms with Crippen LogP contribution in [0.15, 0.2) is 52.2 Å². The number of thiazole rings is 1. The normalized spacial score (nSPS) is 15.3. The quantitative estimate of drug-likeness (QED) is 0.328. The number of carbonyl (C=O) groups is 2. The summed E-state index contributed by atoms with van der Waals surface area (Å²) in [6.07, 6.45) is 1.82. The fraction of sp³-hybridized carbons (Fsp3) is 0.370. The molecule has 3 N–H and O–H groups in total. The average Bonchev–Trinajstić information content (AvgIpc) is 3.39. The molecule has 0 bridgehead atoms. The van der Waals surface area contributed by atoms with Crippen LogP contribution in [-0.4, -0.2) is 59.7 Å². The number of benzene rings is 2. The molecule has 1 aliphatic heterocycles. The predicted molar refractivity (Wildman–Crippen MR) is 158 cm³/mol. The van der Waals surface area contributed by atoms with E-state index in [9.17, 15) is 9.59 Å². The number of hydrogen-bond acceptors (Lipinski definition) is 7. The number of rotatable bonds is 9. The van der Waals surface area contributed by atoms with E-state index in [-0.39, 0.29) is 17.9 Å². The largest absolute Gasteiger partial charge is 0.353 e. The molecule has 0 radical (unpaired) electrons. The second kappa shape index (κ2) is 13.3. The van der Waals surface area contributed by atoms with Crippen molar-refractivity contribution >= 4 is 63.8 Å². The molecule has 38 heavy (non-hydrogen) atoms. The summed E-state index contributed by atoms with van der Waals surface area (Å²) < 4.78 is 0.831. The molecule has 2 aromatic carbocycles. The highest BCUT2D eigenvalue weighted by Gasteiger charge is 2.21. The number of amides is 2. The number of anilines is 1. The number of nitrogens with zero attached hydrogens (tertiary/aromatic N) is 3. The Morgan fingerprint density at radius 1 is 1.21 bits per heavy atom. The summed E-state index contributed by atoms with van der Waals surface area (Å²) >= 11 is 15.1. The van der Waals surface area contributed by atoms with Gasteiger partial charge in [-0.3, -0.25) is 14.5 Å². The number of nitrogens with two attached hydrogens (primary N) is 1. The second-order valence-corrected chi connectivity index (χ2v) is 12.3. The summed E-state index contributed by atoms with van der Waals surface area (Å²) in [6.45, 7) is 4.32. The Hall–Kier alpha value is -2.14. The SMILES string of the molecule is C[C@H](N)C(=O)N(C)c1cccc(-c2csc(SCC(=O)NC3CCN(Cc4ccc(Cl)c(Cl)c4)CC3)n2)c1. The van der Waals surface area contributed by atoms with Gasteiger partial charge in [-0.05, 0) is 49.6 Å². The molecule has 2 heterocycles. The number of thioether (sulfide) groups is 1. The Bertz CT molecular complexity index is 1280. The zero-order valence-electron chi connectivity index (χ0n) is 21.3. The zero-order chi connectivity index (χ0) is 27.2. The maximum absolute atomic E-state index is 12.6. The van der Waals surface area contributed by atoms with E-state index in [0.717, 1.165) is 59.3 Å². The van der Waals surface area contributed by atoms with E-state index in [1.54, 1.807) is 18.9 Å². The van der Waals surface area contributed by atoms with Crippen LogP contribution in [0.3, 0.4) is 0 Å². The van der Waals surface area contributed by atoms with Crippen molar-refractivity contribution < 1.29 is 9.59 Å². The lowest BCUT2D eigenvalue weighted by Gasteiger charge is -2.32. The molecule has 1 atom stereocenters. The van der Waals surface area contributed by atoms with Crippen LogP contribution in [0.25, 0.3) is 11.3 Å². The van der Waals surface area contributed by atoms with Gasteiger partial charge in [0.25, 0.3) is 0 Å². The van der Waals surface area contributed by atoms with Gasteiger partial charge in [0.15, 0.2) is 4.34 Å². The topological polar surface area (TPSA) is 91.6 Å². The summed E-state index contributed by atoms with van der Waals surface area (Å²) in [7, 11) is 1.71. The second-order valence-electron chi connectivity index (χ2n) is 9.39. The van der Waals surface area contributed by atoms with Crippen LogP contribution in [0.2, 0.25) is 10.0 Å². The van der Waals surface area contributed by atoms with Crippen molar-refractivity contribution in [2.75, 3.05) is 30.8 Å². The smallest absolute Gasteiger partial charge is 0.243 e. The number of likely N-dealkylation sites (tertiary alicyclic amines) is 1. The lowest BCUT2D eigenvalue weighted by Crippen LogP contribution is -2.44. The van der Waals surface area contributed by atoms with E-state index in [4.69, 9.17) is 33.9 Å². The van der Waals surface area contributed by atoms with Crippen molar-refractivity contribution in [3.05, 3.63) is 63.5 Å². The van der Waals surface area contributed by atoms with Crippen molar-refractivity contribution in [3.8, 4) is 11.3 Å². The van der Waals surface area contributed by atoms with Crippen LogP contribution in [0, 0.1) is 0 Å². The molecular formula is C27H31Cl2N5O2S2. The minimum atomic E-state index is -0.571. The lowest BCUT2D eigenvalue weighted by atomic mass is 10.0. The van der Waals surface area contributed by atoms with Gasteiger partial charge in [-0.1, -0.05) is 53.2 Å². The van der Waals surface area contributed by atoms with Crippen molar-refractivity contribution in [2.45, 2.75) is 42.7 Å². The molecular weight excluding hydrogens is 561 g/mol. The van der Waals surface area contributed by atoms with E-state index in [1.165, 1.54) is 23.1 Å². The van der Waals surface area contributed by atoms with Crippen LogP contribution < -0.4 is 16.0 Å². The molecule has 4 rings (SSSR count). The van der Waals surface area contributed by atoms with Gasteiger partial charge in [0, 0.05) is 49.4 Å². The van der Waals surface area contributed by atoms with Gasteiger partial charge < -0.3 is 16.0 Å². The Morgan fingerprint density at radius 2 is 1.97 bits per heavy atom. The van der Waals surface area contributed by atoms with Gasteiger partial charge in [0.1, 0.15) is 0 Å². The minimum Gasteiger partial charge on any atom is -0.353 e. The first-order chi connectivity index (χ1) is 18.2.